The summed E-state index contributed by atoms with van der Waals surface area (Å²) < 4.78 is 5.87. The molecule has 0 unspecified atom stereocenters. The molecule has 2 rings (SSSR count). The highest BCUT2D eigenvalue weighted by molar-refractivity contribution is 5.32. The van der Waals surface area contributed by atoms with E-state index in [9.17, 15) is 5.11 Å². The molecular formula is C17H27NO2. The van der Waals surface area contributed by atoms with Crippen molar-refractivity contribution in [2.24, 2.45) is 0 Å². The van der Waals surface area contributed by atoms with Crippen molar-refractivity contribution in [1.29, 1.82) is 0 Å². The molecule has 1 heterocycles. The van der Waals surface area contributed by atoms with Gasteiger partial charge in [0, 0.05) is 12.6 Å². The van der Waals surface area contributed by atoms with Crippen molar-refractivity contribution < 1.29 is 9.84 Å². The number of aliphatic hydroxyl groups excluding tert-OH is 1. The average molecular weight is 277 g/mol. The Labute approximate surface area is 122 Å². The van der Waals surface area contributed by atoms with Crippen LogP contribution in [0.25, 0.3) is 0 Å². The Morgan fingerprint density at radius 3 is 2.85 bits per heavy atom. The maximum atomic E-state index is 9.30. The van der Waals surface area contributed by atoms with E-state index in [0.717, 1.165) is 25.3 Å². The van der Waals surface area contributed by atoms with E-state index in [1.165, 1.54) is 12.0 Å². The molecule has 20 heavy (non-hydrogen) atoms. The predicted octanol–water partition coefficient (Wildman–Crippen LogP) is 2.82. The molecule has 1 aromatic carbocycles. The van der Waals surface area contributed by atoms with E-state index < -0.39 is 0 Å². The number of ether oxygens (including phenoxy) is 1. The van der Waals surface area contributed by atoms with Crippen LogP contribution in [0.4, 0.5) is 0 Å². The van der Waals surface area contributed by atoms with E-state index in [4.69, 9.17) is 4.74 Å². The quantitative estimate of drug-likeness (QED) is 0.898. The fourth-order valence-corrected chi connectivity index (χ4v) is 2.73. The van der Waals surface area contributed by atoms with Gasteiger partial charge in [-0.1, -0.05) is 32.9 Å². The molecule has 0 bridgehead atoms. The maximum absolute atomic E-state index is 9.30. The summed E-state index contributed by atoms with van der Waals surface area (Å²) in [5.41, 5.74) is 1.44. The van der Waals surface area contributed by atoms with Crippen LogP contribution in [-0.2, 0) is 5.41 Å². The zero-order valence-corrected chi connectivity index (χ0v) is 12.9. The standard InChI is InChI=1S/C17H27NO2/c1-17(2,3)14-6-4-8-16(12-14)20-11-10-18-9-5-7-15(18)13-19/h4,6,8,12,15,19H,5,7,9-11,13H2,1-3H3/t15-/m0/s1. The van der Waals surface area contributed by atoms with E-state index >= 15 is 0 Å². The average Bonchev–Trinajstić information content (AvgIpc) is 2.86. The third kappa shape index (κ3) is 3.97. The van der Waals surface area contributed by atoms with Gasteiger partial charge in [-0.15, -0.1) is 0 Å². The predicted molar refractivity (Wildman–Crippen MR) is 82.3 cm³/mol. The smallest absolute Gasteiger partial charge is 0.119 e. The Hall–Kier alpha value is -1.06. The summed E-state index contributed by atoms with van der Waals surface area (Å²) >= 11 is 0. The molecule has 1 atom stereocenters. The van der Waals surface area contributed by atoms with Crippen LogP contribution >= 0.6 is 0 Å². The number of rotatable bonds is 5. The number of nitrogens with zero attached hydrogens (tertiary/aromatic N) is 1. The first-order valence-electron chi connectivity index (χ1n) is 7.59. The molecule has 112 valence electrons. The first kappa shape index (κ1) is 15.3. The van der Waals surface area contributed by atoms with Gasteiger partial charge in [0.05, 0.1) is 6.61 Å². The van der Waals surface area contributed by atoms with Crippen LogP contribution < -0.4 is 4.74 Å². The summed E-state index contributed by atoms with van der Waals surface area (Å²) in [6.45, 7) is 9.55. The van der Waals surface area contributed by atoms with Crippen molar-refractivity contribution in [1.82, 2.24) is 4.90 Å². The lowest BCUT2D eigenvalue weighted by molar-refractivity contribution is 0.139. The molecular weight excluding hydrogens is 250 g/mol. The zero-order chi connectivity index (χ0) is 14.6. The topological polar surface area (TPSA) is 32.7 Å². The van der Waals surface area contributed by atoms with Gasteiger partial charge in [-0.2, -0.15) is 0 Å². The van der Waals surface area contributed by atoms with Crippen LogP contribution in [0, 0.1) is 0 Å². The molecule has 0 saturated carbocycles. The highest BCUT2D eigenvalue weighted by Gasteiger charge is 2.23. The normalized spacial score (nSPS) is 20.3. The van der Waals surface area contributed by atoms with E-state index in [0.29, 0.717) is 12.6 Å². The largest absolute Gasteiger partial charge is 0.492 e. The lowest BCUT2D eigenvalue weighted by atomic mass is 9.87. The number of hydrogen-bond acceptors (Lipinski definition) is 3. The molecule has 3 nitrogen and oxygen atoms in total. The van der Waals surface area contributed by atoms with E-state index in [1.807, 2.05) is 6.07 Å². The van der Waals surface area contributed by atoms with Crippen LogP contribution in [0.1, 0.15) is 39.2 Å². The number of benzene rings is 1. The first-order valence-corrected chi connectivity index (χ1v) is 7.59. The third-order valence-corrected chi connectivity index (χ3v) is 4.06. The summed E-state index contributed by atoms with van der Waals surface area (Å²) in [6, 6.07) is 8.69. The number of hydrogen-bond donors (Lipinski definition) is 1. The SMILES string of the molecule is CC(C)(C)c1cccc(OCCN2CCC[C@H]2CO)c1. The number of aliphatic hydroxyl groups is 1. The Bertz CT molecular complexity index is 425. The molecule has 1 fully saturated rings. The third-order valence-electron chi connectivity index (χ3n) is 4.06. The highest BCUT2D eigenvalue weighted by atomic mass is 16.5. The van der Waals surface area contributed by atoms with Crippen molar-refractivity contribution in [2.45, 2.75) is 45.1 Å². The monoisotopic (exact) mass is 277 g/mol. The van der Waals surface area contributed by atoms with Crippen LogP contribution in [0.15, 0.2) is 24.3 Å². The zero-order valence-electron chi connectivity index (χ0n) is 12.9. The minimum Gasteiger partial charge on any atom is -0.492 e. The van der Waals surface area contributed by atoms with Gasteiger partial charge in [0.1, 0.15) is 12.4 Å². The molecule has 0 radical (unpaired) electrons. The number of likely N-dealkylation sites (tertiary alicyclic amines) is 1. The molecule has 0 aromatic heterocycles. The van der Waals surface area contributed by atoms with Crippen LogP contribution in [0.5, 0.6) is 5.75 Å². The Morgan fingerprint density at radius 1 is 1.35 bits per heavy atom. The lowest BCUT2D eigenvalue weighted by Gasteiger charge is -2.23. The molecule has 1 N–H and O–H groups in total. The molecule has 1 aliphatic rings. The molecule has 3 heteroatoms. The molecule has 1 aliphatic heterocycles. The van der Waals surface area contributed by atoms with Crippen molar-refractivity contribution in [3.05, 3.63) is 29.8 Å². The fraction of sp³-hybridized carbons (Fsp3) is 0.647. The molecule has 0 aliphatic carbocycles. The van der Waals surface area contributed by atoms with Gasteiger partial charge >= 0.3 is 0 Å². The van der Waals surface area contributed by atoms with Gasteiger partial charge in [0.25, 0.3) is 0 Å². The minimum atomic E-state index is 0.149. The Kier molecular flexibility index (Phi) is 5.06. The van der Waals surface area contributed by atoms with Crippen molar-refractivity contribution in [2.75, 3.05) is 26.3 Å². The second kappa shape index (κ2) is 6.59. The second-order valence-electron chi connectivity index (χ2n) is 6.64. The van der Waals surface area contributed by atoms with Gasteiger partial charge in [-0.3, -0.25) is 4.90 Å². The Balaban J connectivity index is 1.85. The van der Waals surface area contributed by atoms with E-state index in [-0.39, 0.29) is 12.0 Å². The van der Waals surface area contributed by atoms with Crippen LogP contribution in [0.3, 0.4) is 0 Å². The van der Waals surface area contributed by atoms with Crippen molar-refractivity contribution in [3.63, 3.8) is 0 Å². The van der Waals surface area contributed by atoms with Crippen LogP contribution in [-0.4, -0.2) is 42.4 Å². The lowest BCUT2D eigenvalue weighted by Crippen LogP contribution is -2.35. The van der Waals surface area contributed by atoms with E-state index in [1.54, 1.807) is 0 Å². The van der Waals surface area contributed by atoms with Crippen LogP contribution in [0.2, 0.25) is 0 Å². The fourth-order valence-electron chi connectivity index (χ4n) is 2.73. The van der Waals surface area contributed by atoms with E-state index in [2.05, 4.69) is 43.9 Å². The molecule has 0 amide bonds. The van der Waals surface area contributed by atoms with Crippen molar-refractivity contribution >= 4 is 0 Å². The Morgan fingerprint density at radius 2 is 2.15 bits per heavy atom. The van der Waals surface area contributed by atoms with Gasteiger partial charge in [0.15, 0.2) is 0 Å². The molecule has 0 spiro atoms. The summed E-state index contributed by atoms with van der Waals surface area (Å²) in [5, 5.41) is 9.30. The first-order chi connectivity index (χ1) is 9.50. The summed E-state index contributed by atoms with van der Waals surface area (Å²) in [6.07, 6.45) is 2.29. The molecule has 1 saturated heterocycles. The summed E-state index contributed by atoms with van der Waals surface area (Å²) in [5.74, 6) is 0.942. The highest BCUT2D eigenvalue weighted by Crippen LogP contribution is 2.25. The molecule has 1 aromatic rings. The van der Waals surface area contributed by atoms with Gasteiger partial charge < -0.3 is 9.84 Å². The second-order valence-corrected chi connectivity index (χ2v) is 6.64. The summed E-state index contributed by atoms with van der Waals surface area (Å²) in [7, 11) is 0. The van der Waals surface area contributed by atoms with Crippen molar-refractivity contribution in [3.8, 4) is 5.75 Å². The van der Waals surface area contributed by atoms with Gasteiger partial charge in [0.2, 0.25) is 0 Å². The van der Waals surface area contributed by atoms with Gasteiger partial charge in [-0.25, -0.2) is 0 Å². The van der Waals surface area contributed by atoms with Gasteiger partial charge in [-0.05, 0) is 42.5 Å². The maximum Gasteiger partial charge on any atom is 0.119 e. The summed E-state index contributed by atoms with van der Waals surface area (Å²) in [4.78, 5) is 2.33. The minimum absolute atomic E-state index is 0.149.